The molecule has 1 aliphatic rings. The molecule has 0 saturated carbocycles. The molecule has 0 unspecified atom stereocenters. The summed E-state index contributed by atoms with van der Waals surface area (Å²) < 4.78 is 16.7. The van der Waals surface area contributed by atoms with E-state index in [1.54, 1.807) is 24.3 Å². The van der Waals surface area contributed by atoms with E-state index >= 15 is 0 Å². The molecular formula is C20H16N2O5S. The van der Waals surface area contributed by atoms with Crippen LogP contribution in [0.15, 0.2) is 48.5 Å². The van der Waals surface area contributed by atoms with Crippen LogP contribution in [0.25, 0.3) is 16.3 Å². The molecule has 8 heteroatoms. The minimum atomic E-state index is -0.960. The number of carbonyl (C=O) groups excluding carboxylic acids is 2. The molecule has 28 heavy (non-hydrogen) atoms. The third kappa shape index (κ3) is 3.96. The fourth-order valence-corrected chi connectivity index (χ4v) is 3.46. The largest absolute Gasteiger partial charge is 0.454 e. The Morgan fingerprint density at radius 1 is 1.21 bits per heavy atom. The molecule has 1 atom stereocenters. The first kappa shape index (κ1) is 18.0. The van der Waals surface area contributed by atoms with E-state index in [0.29, 0.717) is 22.2 Å². The Hall–Kier alpha value is -3.39. The van der Waals surface area contributed by atoms with Gasteiger partial charge < -0.3 is 19.5 Å². The first-order valence-electron chi connectivity index (χ1n) is 8.53. The van der Waals surface area contributed by atoms with Crippen molar-refractivity contribution in [1.29, 1.82) is 0 Å². The molecule has 1 amide bonds. The summed E-state index contributed by atoms with van der Waals surface area (Å²) in [7, 11) is 0. The second-order valence-corrected chi connectivity index (χ2v) is 7.05. The molecule has 7 nitrogen and oxygen atoms in total. The van der Waals surface area contributed by atoms with Crippen LogP contribution in [0.1, 0.15) is 11.9 Å². The van der Waals surface area contributed by atoms with Gasteiger partial charge >= 0.3 is 5.97 Å². The van der Waals surface area contributed by atoms with Gasteiger partial charge in [0.2, 0.25) is 6.79 Å². The lowest BCUT2D eigenvalue weighted by atomic mass is 10.2. The molecule has 142 valence electrons. The third-order valence-electron chi connectivity index (χ3n) is 3.97. The van der Waals surface area contributed by atoms with E-state index in [1.165, 1.54) is 24.3 Å². The maximum absolute atomic E-state index is 12.2. The lowest BCUT2D eigenvalue weighted by Crippen LogP contribution is -2.29. The summed E-state index contributed by atoms with van der Waals surface area (Å²) >= 11 is 1.47. The highest BCUT2D eigenvalue weighted by Crippen LogP contribution is 2.34. The summed E-state index contributed by atoms with van der Waals surface area (Å²) in [5.41, 5.74) is 1.40. The first-order valence-corrected chi connectivity index (χ1v) is 9.35. The van der Waals surface area contributed by atoms with E-state index in [-0.39, 0.29) is 6.79 Å². The minimum Gasteiger partial charge on any atom is -0.454 e. The second kappa shape index (κ2) is 7.69. The second-order valence-electron chi connectivity index (χ2n) is 5.99. The van der Waals surface area contributed by atoms with E-state index in [1.807, 2.05) is 24.3 Å². The number of thiazole rings is 1. The fraction of sp³-hybridized carbons (Fsp3) is 0.150. The van der Waals surface area contributed by atoms with Crippen LogP contribution in [-0.4, -0.2) is 29.8 Å². The quantitative estimate of drug-likeness (QED) is 0.524. The first-order chi connectivity index (χ1) is 13.6. The standard InChI is InChI=1S/C20H16N2O5S/c1-12(20(24)21-13-6-7-15-16(10-13)26-11-25-15)27-19(23)9-8-18-22-14-4-2-3-5-17(14)28-18/h2-10,12H,11H2,1H3,(H,21,24)/b9-8+/t12-/m0/s1. The van der Waals surface area contributed by atoms with Gasteiger partial charge in [0.1, 0.15) is 5.01 Å². The van der Waals surface area contributed by atoms with Crippen molar-refractivity contribution in [2.45, 2.75) is 13.0 Å². The number of nitrogens with one attached hydrogen (secondary N) is 1. The molecule has 0 bridgehead atoms. The molecule has 1 aromatic heterocycles. The molecule has 0 saturated heterocycles. The Morgan fingerprint density at radius 3 is 2.89 bits per heavy atom. The zero-order chi connectivity index (χ0) is 19.5. The summed E-state index contributed by atoms with van der Waals surface area (Å²) in [5.74, 6) is 0.117. The number of anilines is 1. The number of carbonyl (C=O) groups is 2. The van der Waals surface area contributed by atoms with Crippen LogP contribution >= 0.6 is 11.3 Å². The van der Waals surface area contributed by atoms with Gasteiger partial charge in [0.25, 0.3) is 5.91 Å². The van der Waals surface area contributed by atoms with Crippen LogP contribution in [0.5, 0.6) is 11.5 Å². The van der Waals surface area contributed by atoms with Gasteiger partial charge in [0.05, 0.1) is 10.2 Å². The lowest BCUT2D eigenvalue weighted by Gasteiger charge is -2.12. The van der Waals surface area contributed by atoms with Crippen molar-refractivity contribution in [2.24, 2.45) is 0 Å². The predicted octanol–water partition coefficient (Wildman–Crippen LogP) is 3.61. The van der Waals surface area contributed by atoms with Gasteiger partial charge in [-0.1, -0.05) is 12.1 Å². The molecule has 0 radical (unpaired) electrons. The number of benzene rings is 2. The molecule has 4 rings (SSSR count). The normalized spacial score (nSPS) is 13.6. The smallest absolute Gasteiger partial charge is 0.331 e. The third-order valence-corrected chi connectivity index (χ3v) is 4.98. The van der Waals surface area contributed by atoms with Crippen LogP contribution in [-0.2, 0) is 14.3 Å². The Kier molecular flexibility index (Phi) is 4.94. The van der Waals surface area contributed by atoms with Gasteiger partial charge in [-0.2, -0.15) is 0 Å². The van der Waals surface area contributed by atoms with Gasteiger partial charge in [-0.05, 0) is 37.3 Å². The van der Waals surface area contributed by atoms with Gasteiger partial charge in [-0.25, -0.2) is 9.78 Å². The number of hydrogen-bond donors (Lipinski definition) is 1. The number of rotatable bonds is 5. The molecular weight excluding hydrogens is 380 g/mol. The maximum atomic E-state index is 12.2. The van der Waals surface area contributed by atoms with E-state index in [4.69, 9.17) is 14.2 Å². The molecule has 1 aliphatic heterocycles. The minimum absolute atomic E-state index is 0.155. The summed E-state index contributed by atoms with van der Waals surface area (Å²) in [6.45, 7) is 1.66. The average molecular weight is 396 g/mol. The SMILES string of the molecule is C[C@H](OC(=O)/C=C/c1nc2ccccc2s1)C(=O)Nc1ccc2c(c1)OCO2. The van der Waals surface area contributed by atoms with E-state index in [9.17, 15) is 9.59 Å². The van der Waals surface area contributed by atoms with E-state index in [0.717, 1.165) is 10.2 Å². The summed E-state index contributed by atoms with van der Waals surface area (Å²) in [5, 5.41) is 3.37. The van der Waals surface area contributed by atoms with Crippen LogP contribution in [0, 0.1) is 0 Å². The van der Waals surface area contributed by atoms with E-state index in [2.05, 4.69) is 10.3 Å². The molecule has 1 N–H and O–H groups in total. The number of hydrogen-bond acceptors (Lipinski definition) is 7. The van der Waals surface area contributed by atoms with Crippen LogP contribution in [0.4, 0.5) is 5.69 Å². The van der Waals surface area contributed by atoms with Gasteiger partial charge in [0.15, 0.2) is 17.6 Å². The zero-order valence-electron chi connectivity index (χ0n) is 14.9. The number of ether oxygens (including phenoxy) is 3. The lowest BCUT2D eigenvalue weighted by molar-refractivity contribution is -0.148. The number of fused-ring (bicyclic) bond motifs is 2. The van der Waals surface area contributed by atoms with Crippen LogP contribution in [0.3, 0.4) is 0 Å². The van der Waals surface area contributed by atoms with Crippen LogP contribution < -0.4 is 14.8 Å². The molecule has 2 aromatic carbocycles. The molecule has 2 heterocycles. The topological polar surface area (TPSA) is 86.8 Å². The number of para-hydroxylation sites is 1. The molecule has 0 fully saturated rings. The van der Waals surface area contributed by atoms with Crippen molar-refractivity contribution in [3.05, 3.63) is 53.5 Å². The highest BCUT2D eigenvalue weighted by Gasteiger charge is 2.19. The van der Waals surface area contributed by atoms with Gasteiger partial charge in [0, 0.05) is 17.8 Å². The zero-order valence-corrected chi connectivity index (χ0v) is 15.7. The monoisotopic (exact) mass is 396 g/mol. The van der Waals surface area contributed by atoms with Crippen molar-refractivity contribution in [3.8, 4) is 11.5 Å². The number of esters is 1. The predicted molar refractivity (Wildman–Crippen MR) is 105 cm³/mol. The Bertz CT molecular complexity index is 1040. The maximum Gasteiger partial charge on any atom is 0.331 e. The van der Waals surface area contributed by atoms with Crippen molar-refractivity contribution < 1.29 is 23.8 Å². The Morgan fingerprint density at radius 2 is 2.04 bits per heavy atom. The average Bonchev–Trinajstić information content (AvgIpc) is 3.32. The highest BCUT2D eigenvalue weighted by molar-refractivity contribution is 7.19. The summed E-state index contributed by atoms with van der Waals surface area (Å²) in [6.07, 6.45) is 1.88. The number of aromatic nitrogens is 1. The number of nitrogens with zero attached hydrogens (tertiary/aromatic N) is 1. The summed E-state index contributed by atoms with van der Waals surface area (Å²) in [4.78, 5) is 28.7. The Labute approximate surface area is 164 Å². The summed E-state index contributed by atoms with van der Waals surface area (Å²) in [6, 6.07) is 12.8. The molecule has 3 aromatic rings. The van der Waals surface area contributed by atoms with Crippen LogP contribution in [0.2, 0.25) is 0 Å². The highest BCUT2D eigenvalue weighted by atomic mass is 32.1. The van der Waals surface area contributed by atoms with Gasteiger partial charge in [-0.3, -0.25) is 4.79 Å². The number of amides is 1. The fourth-order valence-electron chi connectivity index (χ4n) is 2.59. The van der Waals surface area contributed by atoms with E-state index < -0.39 is 18.0 Å². The van der Waals surface area contributed by atoms with Gasteiger partial charge in [-0.15, -0.1) is 11.3 Å². The van der Waals surface area contributed by atoms with Crippen molar-refractivity contribution >= 4 is 45.2 Å². The Balaban J connectivity index is 1.33. The van der Waals surface area contributed by atoms with Crippen molar-refractivity contribution in [3.63, 3.8) is 0 Å². The van der Waals surface area contributed by atoms with Crippen molar-refractivity contribution in [2.75, 3.05) is 12.1 Å². The van der Waals surface area contributed by atoms with Crippen molar-refractivity contribution in [1.82, 2.24) is 4.98 Å². The molecule has 0 aliphatic carbocycles. The molecule has 0 spiro atoms.